The molecule has 80 valence electrons. The van der Waals surface area contributed by atoms with Crippen molar-refractivity contribution in [3.05, 3.63) is 0 Å². The molecule has 1 atom stereocenters. The van der Waals surface area contributed by atoms with Gasteiger partial charge in [0.2, 0.25) is 5.91 Å². The molecule has 0 spiro atoms. The predicted octanol–water partition coefficient (Wildman–Crippen LogP) is 0.747. The molecule has 4 heteroatoms. The Morgan fingerprint density at radius 3 is 2.64 bits per heavy atom. The summed E-state index contributed by atoms with van der Waals surface area (Å²) < 4.78 is 0. The number of hydrogen-bond donors (Lipinski definition) is 1. The van der Waals surface area contributed by atoms with Crippen molar-refractivity contribution in [3.8, 4) is 6.07 Å². The molecule has 0 bridgehead atoms. The zero-order valence-corrected chi connectivity index (χ0v) is 9.21. The number of carbonyl (C=O) groups excluding carboxylic acids is 1. The summed E-state index contributed by atoms with van der Waals surface area (Å²) in [6, 6.07) is 2.34. The lowest BCUT2D eigenvalue weighted by Gasteiger charge is -2.14. The first-order valence-electron chi connectivity index (χ1n) is 4.92. The minimum absolute atomic E-state index is 0.115. The van der Waals surface area contributed by atoms with Crippen LogP contribution < -0.4 is 5.32 Å². The highest BCUT2D eigenvalue weighted by Crippen LogP contribution is 1.96. The highest BCUT2D eigenvalue weighted by molar-refractivity contribution is 5.75. The zero-order valence-electron chi connectivity index (χ0n) is 9.21. The zero-order chi connectivity index (χ0) is 11.0. The molecule has 0 aliphatic carbocycles. The van der Waals surface area contributed by atoms with Crippen molar-refractivity contribution in [2.45, 2.75) is 32.2 Å². The summed E-state index contributed by atoms with van der Waals surface area (Å²) in [7, 11) is 3.49. The minimum atomic E-state index is 0.115. The van der Waals surface area contributed by atoms with Gasteiger partial charge in [-0.3, -0.25) is 4.79 Å². The third-order valence-corrected chi connectivity index (χ3v) is 2.10. The molecule has 0 aromatic heterocycles. The average molecular weight is 197 g/mol. The quantitative estimate of drug-likeness (QED) is 0.683. The van der Waals surface area contributed by atoms with Crippen molar-refractivity contribution in [2.75, 3.05) is 20.6 Å². The van der Waals surface area contributed by atoms with Gasteiger partial charge in [0.25, 0.3) is 0 Å². The maximum atomic E-state index is 11.2. The van der Waals surface area contributed by atoms with Crippen LogP contribution in [0.2, 0.25) is 0 Å². The van der Waals surface area contributed by atoms with Crippen molar-refractivity contribution in [1.82, 2.24) is 10.2 Å². The van der Waals surface area contributed by atoms with Crippen LogP contribution in [0.1, 0.15) is 26.2 Å². The Morgan fingerprint density at radius 2 is 2.21 bits per heavy atom. The number of nitrogens with one attached hydrogen (secondary N) is 1. The second-order valence-corrected chi connectivity index (χ2v) is 3.46. The molecule has 0 radical (unpaired) electrons. The van der Waals surface area contributed by atoms with Crippen LogP contribution in [-0.4, -0.2) is 37.5 Å². The van der Waals surface area contributed by atoms with Crippen LogP contribution in [0.3, 0.4) is 0 Å². The fourth-order valence-corrected chi connectivity index (χ4v) is 1.08. The van der Waals surface area contributed by atoms with Crippen LogP contribution in [0, 0.1) is 11.3 Å². The van der Waals surface area contributed by atoms with E-state index in [0.717, 1.165) is 6.42 Å². The molecule has 0 heterocycles. The standard InChI is InChI=1S/C10H19N3O/c1-4-9(5-7-11)12-8-6-10(14)13(2)3/h9,12H,4-6,8H2,1-3H3. The van der Waals surface area contributed by atoms with Gasteiger partial charge in [-0.25, -0.2) is 0 Å². The van der Waals surface area contributed by atoms with Crippen LogP contribution in [0.15, 0.2) is 0 Å². The molecular formula is C10H19N3O. The Labute approximate surface area is 85.9 Å². The normalized spacial score (nSPS) is 11.9. The summed E-state index contributed by atoms with van der Waals surface area (Å²) in [5.41, 5.74) is 0. The fraction of sp³-hybridized carbons (Fsp3) is 0.800. The first-order valence-corrected chi connectivity index (χ1v) is 4.92. The van der Waals surface area contributed by atoms with Gasteiger partial charge in [-0.15, -0.1) is 0 Å². The molecule has 0 saturated heterocycles. The van der Waals surface area contributed by atoms with E-state index < -0.39 is 0 Å². The van der Waals surface area contributed by atoms with Gasteiger partial charge in [-0.1, -0.05) is 6.92 Å². The van der Waals surface area contributed by atoms with Gasteiger partial charge in [0, 0.05) is 33.1 Å². The van der Waals surface area contributed by atoms with E-state index in [1.807, 2.05) is 6.92 Å². The number of hydrogen-bond acceptors (Lipinski definition) is 3. The van der Waals surface area contributed by atoms with E-state index in [1.54, 1.807) is 19.0 Å². The Bertz CT molecular complexity index is 208. The van der Waals surface area contributed by atoms with Crippen LogP contribution in [0.25, 0.3) is 0 Å². The maximum Gasteiger partial charge on any atom is 0.223 e. The van der Waals surface area contributed by atoms with Crippen LogP contribution >= 0.6 is 0 Å². The molecule has 0 fully saturated rings. The van der Waals surface area contributed by atoms with Gasteiger partial charge in [-0.05, 0) is 6.42 Å². The van der Waals surface area contributed by atoms with Crippen molar-refractivity contribution in [1.29, 1.82) is 5.26 Å². The summed E-state index contributed by atoms with van der Waals surface area (Å²) in [5, 5.41) is 11.7. The van der Waals surface area contributed by atoms with Gasteiger partial charge in [0.05, 0.1) is 12.5 Å². The Morgan fingerprint density at radius 1 is 1.57 bits per heavy atom. The average Bonchev–Trinajstić information content (AvgIpc) is 2.16. The van der Waals surface area contributed by atoms with E-state index in [0.29, 0.717) is 19.4 Å². The topological polar surface area (TPSA) is 56.1 Å². The highest BCUT2D eigenvalue weighted by atomic mass is 16.2. The Hall–Kier alpha value is -1.08. The van der Waals surface area contributed by atoms with Crippen LogP contribution in [-0.2, 0) is 4.79 Å². The van der Waals surface area contributed by atoms with E-state index in [-0.39, 0.29) is 11.9 Å². The molecule has 0 aliphatic heterocycles. The molecule has 0 rings (SSSR count). The molecule has 0 aliphatic rings. The number of amides is 1. The van der Waals surface area contributed by atoms with Gasteiger partial charge in [0.15, 0.2) is 0 Å². The van der Waals surface area contributed by atoms with Crippen molar-refractivity contribution >= 4 is 5.91 Å². The lowest BCUT2D eigenvalue weighted by Crippen LogP contribution is -2.32. The molecular weight excluding hydrogens is 178 g/mol. The molecule has 1 unspecified atom stereocenters. The summed E-state index contributed by atoms with van der Waals surface area (Å²) >= 11 is 0. The lowest BCUT2D eigenvalue weighted by molar-refractivity contribution is -0.128. The Balaban J connectivity index is 3.62. The highest BCUT2D eigenvalue weighted by Gasteiger charge is 2.07. The number of nitrogens with zero attached hydrogens (tertiary/aromatic N) is 2. The molecule has 14 heavy (non-hydrogen) atoms. The van der Waals surface area contributed by atoms with Gasteiger partial charge >= 0.3 is 0 Å². The SMILES string of the molecule is CCC(CC#N)NCCC(=O)N(C)C. The van der Waals surface area contributed by atoms with Crippen LogP contribution in [0.4, 0.5) is 0 Å². The van der Waals surface area contributed by atoms with Crippen LogP contribution in [0.5, 0.6) is 0 Å². The molecule has 0 saturated carbocycles. The number of nitriles is 1. The van der Waals surface area contributed by atoms with Crippen molar-refractivity contribution < 1.29 is 4.79 Å². The first kappa shape index (κ1) is 12.9. The Kier molecular flexibility index (Phi) is 6.77. The van der Waals surface area contributed by atoms with Crippen molar-refractivity contribution in [3.63, 3.8) is 0 Å². The first-order chi connectivity index (χ1) is 6.61. The molecule has 0 aromatic carbocycles. The lowest BCUT2D eigenvalue weighted by atomic mass is 10.1. The summed E-state index contributed by atoms with van der Waals surface area (Å²) in [6.45, 7) is 2.68. The second kappa shape index (κ2) is 7.34. The van der Waals surface area contributed by atoms with E-state index in [1.165, 1.54) is 0 Å². The predicted molar refractivity (Wildman–Crippen MR) is 55.6 cm³/mol. The van der Waals surface area contributed by atoms with Gasteiger partial charge in [0.1, 0.15) is 0 Å². The van der Waals surface area contributed by atoms with Gasteiger partial charge in [-0.2, -0.15) is 5.26 Å². The molecule has 0 aromatic rings. The monoisotopic (exact) mass is 197 g/mol. The maximum absolute atomic E-state index is 11.2. The van der Waals surface area contributed by atoms with E-state index in [2.05, 4.69) is 11.4 Å². The number of rotatable bonds is 6. The van der Waals surface area contributed by atoms with E-state index >= 15 is 0 Å². The number of carbonyl (C=O) groups is 1. The molecule has 1 amide bonds. The van der Waals surface area contributed by atoms with Crippen molar-refractivity contribution in [2.24, 2.45) is 0 Å². The van der Waals surface area contributed by atoms with Gasteiger partial charge < -0.3 is 10.2 Å². The smallest absolute Gasteiger partial charge is 0.223 e. The van der Waals surface area contributed by atoms with E-state index in [9.17, 15) is 4.79 Å². The third kappa shape index (κ3) is 5.55. The summed E-state index contributed by atoms with van der Waals surface area (Å²) in [5.74, 6) is 0.115. The van der Waals surface area contributed by atoms with E-state index in [4.69, 9.17) is 5.26 Å². The second-order valence-electron chi connectivity index (χ2n) is 3.46. The molecule has 1 N–H and O–H groups in total. The fourth-order valence-electron chi connectivity index (χ4n) is 1.08. The largest absolute Gasteiger partial charge is 0.349 e. The summed E-state index contributed by atoms with van der Waals surface area (Å²) in [4.78, 5) is 12.8. The summed E-state index contributed by atoms with van der Waals surface area (Å²) in [6.07, 6.45) is 1.92. The molecule has 4 nitrogen and oxygen atoms in total. The third-order valence-electron chi connectivity index (χ3n) is 2.10. The minimum Gasteiger partial charge on any atom is -0.349 e.